The van der Waals surface area contributed by atoms with E-state index in [2.05, 4.69) is 0 Å². The summed E-state index contributed by atoms with van der Waals surface area (Å²) in [7, 11) is 1.67. The highest BCUT2D eigenvalue weighted by Gasteiger charge is 2.12. The second kappa shape index (κ2) is 6.86. The molecule has 1 unspecified atom stereocenters. The first-order valence-corrected chi connectivity index (χ1v) is 5.70. The van der Waals surface area contributed by atoms with Gasteiger partial charge in [-0.2, -0.15) is 0 Å². The molecule has 1 rings (SSSR count). The number of hydrogen-bond donors (Lipinski definition) is 2. The fraction of sp³-hybridized carbons (Fsp3) is 0.500. The molecule has 90 valence electrons. The zero-order chi connectivity index (χ0) is 12.0. The molecule has 0 bridgehead atoms. The Labute approximate surface area is 101 Å². The number of hydrogen-bond acceptors (Lipinski definition) is 3. The quantitative estimate of drug-likeness (QED) is 0.805. The normalized spacial score (nSPS) is 14.8. The molecule has 0 fully saturated rings. The van der Waals surface area contributed by atoms with Crippen LogP contribution in [0.5, 0.6) is 0 Å². The van der Waals surface area contributed by atoms with Gasteiger partial charge in [-0.15, -0.1) is 0 Å². The molecule has 0 heterocycles. The zero-order valence-corrected chi connectivity index (χ0v) is 10.2. The minimum absolute atomic E-state index is 0.00914. The number of ether oxygens (including phenoxy) is 1. The van der Waals surface area contributed by atoms with Crippen molar-refractivity contribution in [2.45, 2.75) is 25.0 Å². The molecule has 3 nitrogen and oxygen atoms in total. The maximum atomic E-state index is 8.84. The molecule has 0 aromatic heterocycles. The lowest BCUT2D eigenvalue weighted by Gasteiger charge is -2.17. The van der Waals surface area contributed by atoms with Gasteiger partial charge in [0, 0.05) is 18.2 Å². The van der Waals surface area contributed by atoms with Crippen LogP contribution in [0.4, 0.5) is 0 Å². The molecule has 1 aromatic carbocycles. The Bertz CT molecular complexity index is 302. The number of nitrogens with two attached hydrogens (primary N) is 1. The molecule has 0 amide bonds. The molecule has 0 spiro atoms. The van der Waals surface area contributed by atoms with Crippen LogP contribution in [0.25, 0.3) is 0 Å². The summed E-state index contributed by atoms with van der Waals surface area (Å²) in [4.78, 5) is 0. The van der Waals surface area contributed by atoms with E-state index in [0.717, 1.165) is 18.4 Å². The fourth-order valence-corrected chi connectivity index (χ4v) is 1.68. The van der Waals surface area contributed by atoms with Crippen LogP contribution >= 0.6 is 11.6 Å². The summed E-state index contributed by atoms with van der Waals surface area (Å²) in [6.45, 7) is 0.0110. The van der Waals surface area contributed by atoms with E-state index in [1.54, 1.807) is 7.11 Å². The molecule has 0 aliphatic rings. The van der Waals surface area contributed by atoms with Crippen molar-refractivity contribution >= 4 is 11.6 Å². The van der Waals surface area contributed by atoms with Crippen molar-refractivity contribution < 1.29 is 9.84 Å². The van der Waals surface area contributed by atoms with Crippen molar-refractivity contribution in [2.75, 3.05) is 13.7 Å². The van der Waals surface area contributed by atoms with Gasteiger partial charge in [0.1, 0.15) is 0 Å². The van der Waals surface area contributed by atoms with Crippen LogP contribution < -0.4 is 5.73 Å². The third kappa shape index (κ3) is 4.10. The Morgan fingerprint density at radius 2 is 1.94 bits per heavy atom. The molecule has 0 aliphatic heterocycles. The standard InChI is InChI=1S/C12H18ClNO2/c1-16-12(7-6-11(14)8-15)9-2-4-10(13)5-3-9/h2-5,11-12,15H,6-8,14H2,1H3/t11-,12?/m0/s1. The topological polar surface area (TPSA) is 55.5 Å². The first kappa shape index (κ1) is 13.5. The Hall–Kier alpha value is -0.610. The average molecular weight is 244 g/mol. The molecule has 16 heavy (non-hydrogen) atoms. The van der Waals surface area contributed by atoms with Crippen LogP contribution in [-0.2, 0) is 4.74 Å². The van der Waals surface area contributed by atoms with Gasteiger partial charge in [-0.25, -0.2) is 0 Å². The largest absolute Gasteiger partial charge is 0.395 e. The third-order valence-electron chi connectivity index (χ3n) is 2.56. The van der Waals surface area contributed by atoms with Crippen LogP contribution in [0.1, 0.15) is 24.5 Å². The minimum atomic E-state index is -0.176. The first-order valence-electron chi connectivity index (χ1n) is 5.32. The van der Waals surface area contributed by atoms with E-state index in [1.807, 2.05) is 24.3 Å². The van der Waals surface area contributed by atoms with E-state index in [9.17, 15) is 0 Å². The van der Waals surface area contributed by atoms with Crippen LogP contribution in [0.2, 0.25) is 5.02 Å². The van der Waals surface area contributed by atoms with E-state index in [-0.39, 0.29) is 18.8 Å². The summed E-state index contributed by atoms with van der Waals surface area (Å²) in [6.07, 6.45) is 1.53. The Morgan fingerprint density at radius 1 is 1.31 bits per heavy atom. The number of methoxy groups -OCH3 is 1. The van der Waals surface area contributed by atoms with Crippen molar-refractivity contribution in [2.24, 2.45) is 5.73 Å². The summed E-state index contributed by atoms with van der Waals surface area (Å²) >= 11 is 5.82. The number of aliphatic hydroxyl groups excluding tert-OH is 1. The highest BCUT2D eigenvalue weighted by molar-refractivity contribution is 6.30. The van der Waals surface area contributed by atoms with Crippen molar-refractivity contribution in [1.82, 2.24) is 0 Å². The first-order chi connectivity index (χ1) is 7.67. The molecule has 1 aromatic rings. The number of aliphatic hydroxyl groups is 1. The van der Waals surface area contributed by atoms with Gasteiger partial charge in [-0.05, 0) is 30.5 Å². The summed E-state index contributed by atoms with van der Waals surface area (Å²) < 4.78 is 5.39. The predicted octanol–water partition coefficient (Wildman–Crippen LogP) is 2.13. The highest BCUT2D eigenvalue weighted by atomic mass is 35.5. The Morgan fingerprint density at radius 3 is 2.44 bits per heavy atom. The lowest BCUT2D eigenvalue weighted by molar-refractivity contribution is 0.0896. The van der Waals surface area contributed by atoms with Crippen LogP contribution in [0, 0.1) is 0 Å². The molecule has 0 saturated heterocycles. The fourth-order valence-electron chi connectivity index (χ4n) is 1.55. The monoisotopic (exact) mass is 243 g/mol. The number of halogens is 1. The smallest absolute Gasteiger partial charge is 0.0821 e. The molecule has 3 N–H and O–H groups in total. The number of benzene rings is 1. The van der Waals surface area contributed by atoms with E-state index < -0.39 is 0 Å². The molecule has 0 radical (unpaired) electrons. The van der Waals surface area contributed by atoms with Gasteiger partial charge in [0.25, 0.3) is 0 Å². The van der Waals surface area contributed by atoms with E-state index in [1.165, 1.54) is 0 Å². The van der Waals surface area contributed by atoms with E-state index in [4.69, 9.17) is 27.2 Å². The summed E-state index contributed by atoms with van der Waals surface area (Å²) in [5, 5.41) is 9.56. The molecule has 2 atom stereocenters. The third-order valence-corrected chi connectivity index (χ3v) is 2.81. The predicted molar refractivity (Wildman–Crippen MR) is 65.5 cm³/mol. The van der Waals surface area contributed by atoms with Crippen molar-refractivity contribution in [1.29, 1.82) is 0 Å². The molecule has 4 heteroatoms. The average Bonchev–Trinajstić information content (AvgIpc) is 2.31. The van der Waals surface area contributed by atoms with Gasteiger partial charge in [0.2, 0.25) is 0 Å². The Balaban J connectivity index is 2.57. The summed E-state index contributed by atoms with van der Waals surface area (Å²) in [5.41, 5.74) is 6.73. The van der Waals surface area contributed by atoms with Crippen LogP contribution in [-0.4, -0.2) is 24.9 Å². The van der Waals surface area contributed by atoms with Gasteiger partial charge < -0.3 is 15.6 Å². The minimum Gasteiger partial charge on any atom is -0.395 e. The van der Waals surface area contributed by atoms with Gasteiger partial charge in [0.15, 0.2) is 0 Å². The van der Waals surface area contributed by atoms with Crippen LogP contribution in [0.15, 0.2) is 24.3 Å². The molecular formula is C12H18ClNO2. The molecule has 0 aliphatic carbocycles. The SMILES string of the molecule is COC(CC[C@H](N)CO)c1ccc(Cl)cc1. The highest BCUT2D eigenvalue weighted by Crippen LogP contribution is 2.23. The van der Waals surface area contributed by atoms with Gasteiger partial charge in [-0.3, -0.25) is 0 Å². The van der Waals surface area contributed by atoms with E-state index >= 15 is 0 Å². The second-order valence-electron chi connectivity index (χ2n) is 3.80. The summed E-state index contributed by atoms with van der Waals surface area (Å²) in [6, 6.07) is 7.40. The summed E-state index contributed by atoms with van der Waals surface area (Å²) in [5.74, 6) is 0. The second-order valence-corrected chi connectivity index (χ2v) is 4.23. The Kier molecular flexibility index (Phi) is 5.77. The zero-order valence-electron chi connectivity index (χ0n) is 9.40. The maximum Gasteiger partial charge on any atom is 0.0821 e. The lowest BCUT2D eigenvalue weighted by atomic mass is 10.0. The van der Waals surface area contributed by atoms with Gasteiger partial charge in [0.05, 0.1) is 12.7 Å². The lowest BCUT2D eigenvalue weighted by Crippen LogP contribution is -2.24. The van der Waals surface area contributed by atoms with Gasteiger partial charge in [-0.1, -0.05) is 23.7 Å². The van der Waals surface area contributed by atoms with Crippen molar-refractivity contribution in [3.05, 3.63) is 34.9 Å². The maximum absolute atomic E-state index is 8.84. The molecule has 0 saturated carbocycles. The van der Waals surface area contributed by atoms with Crippen LogP contribution in [0.3, 0.4) is 0 Å². The van der Waals surface area contributed by atoms with Crippen molar-refractivity contribution in [3.8, 4) is 0 Å². The van der Waals surface area contributed by atoms with Crippen molar-refractivity contribution in [3.63, 3.8) is 0 Å². The number of rotatable bonds is 6. The van der Waals surface area contributed by atoms with Gasteiger partial charge >= 0.3 is 0 Å². The van der Waals surface area contributed by atoms with E-state index in [0.29, 0.717) is 5.02 Å². The molecular weight excluding hydrogens is 226 g/mol.